The van der Waals surface area contributed by atoms with Gasteiger partial charge in [0, 0.05) is 19.3 Å². The van der Waals surface area contributed by atoms with Gasteiger partial charge in [-0.3, -0.25) is 19.6 Å². The van der Waals surface area contributed by atoms with Crippen LogP contribution in [0.25, 0.3) is 11.5 Å². The fraction of sp³-hybridized carbons (Fsp3) is 0.143. The molecular weight excluding hydrogens is 316 g/mol. The molecule has 10 heteroatoms. The first-order valence-electron chi connectivity index (χ1n) is 6.86. The Morgan fingerprint density at radius 2 is 2.12 bits per heavy atom. The van der Waals surface area contributed by atoms with Crippen molar-refractivity contribution in [2.45, 2.75) is 6.54 Å². The van der Waals surface area contributed by atoms with E-state index in [0.717, 1.165) is 6.07 Å². The molecule has 0 aliphatic carbocycles. The lowest BCUT2D eigenvalue weighted by Crippen LogP contribution is -2.32. The van der Waals surface area contributed by atoms with Crippen molar-refractivity contribution in [1.29, 1.82) is 0 Å². The van der Waals surface area contributed by atoms with Crippen LogP contribution in [0.2, 0.25) is 0 Å². The van der Waals surface area contributed by atoms with Crippen molar-refractivity contribution in [3.63, 3.8) is 0 Å². The number of rotatable bonds is 4. The quantitative estimate of drug-likeness (QED) is 0.675. The molecule has 0 bridgehead atoms. The molecule has 24 heavy (non-hydrogen) atoms. The summed E-state index contributed by atoms with van der Waals surface area (Å²) in [5.74, 6) is -0.0644. The summed E-state index contributed by atoms with van der Waals surface area (Å²) in [6.07, 6.45) is 1.60. The van der Waals surface area contributed by atoms with E-state index in [1.807, 2.05) is 4.98 Å². The van der Waals surface area contributed by atoms with E-state index in [4.69, 9.17) is 4.52 Å². The molecule has 3 heterocycles. The fourth-order valence-corrected chi connectivity index (χ4v) is 1.98. The number of aromatic amines is 2. The molecule has 0 radical (unpaired) electrons. The van der Waals surface area contributed by atoms with E-state index in [1.54, 1.807) is 24.4 Å². The van der Waals surface area contributed by atoms with Crippen LogP contribution in [0.4, 0.5) is 0 Å². The highest BCUT2D eigenvalue weighted by Crippen LogP contribution is 2.13. The molecule has 122 valence electrons. The van der Waals surface area contributed by atoms with Crippen LogP contribution in [0.15, 0.2) is 44.6 Å². The SMILES string of the molecule is CN(Cc1nc(-c2ccccn2)no1)C(=O)c1cc(=O)[nH]c(=O)[nH]1. The van der Waals surface area contributed by atoms with Crippen molar-refractivity contribution >= 4 is 5.91 Å². The number of hydrogen-bond donors (Lipinski definition) is 2. The number of carbonyl (C=O) groups is 1. The third-order valence-electron chi connectivity index (χ3n) is 3.07. The topological polar surface area (TPSA) is 138 Å². The Hall–Kier alpha value is -3.56. The molecule has 0 saturated heterocycles. The standard InChI is InChI=1S/C14H12N6O4/c1-20(13(22)9-6-10(21)17-14(23)16-9)7-11-18-12(19-24-11)8-4-2-3-5-15-8/h2-6H,7H2,1H3,(H2,16,17,21,23). The third kappa shape index (κ3) is 3.27. The first kappa shape index (κ1) is 15.3. The number of nitrogens with zero attached hydrogens (tertiary/aromatic N) is 4. The summed E-state index contributed by atoms with van der Waals surface area (Å²) in [5.41, 5.74) is -1.00. The zero-order valence-electron chi connectivity index (χ0n) is 12.5. The number of pyridine rings is 1. The number of carbonyl (C=O) groups excluding carboxylic acids is 1. The molecule has 0 fully saturated rings. The molecule has 3 aromatic rings. The lowest BCUT2D eigenvalue weighted by Gasteiger charge is -2.13. The number of H-pyrrole nitrogens is 2. The largest absolute Gasteiger partial charge is 0.337 e. The molecule has 0 unspecified atom stereocenters. The summed E-state index contributed by atoms with van der Waals surface area (Å²) in [5, 5.41) is 3.80. The summed E-state index contributed by atoms with van der Waals surface area (Å²) in [4.78, 5) is 48.5. The molecule has 10 nitrogen and oxygen atoms in total. The number of hydrogen-bond acceptors (Lipinski definition) is 7. The number of amides is 1. The van der Waals surface area contributed by atoms with Gasteiger partial charge in [0.25, 0.3) is 11.5 Å². The predicted octanol–water partition coefficient (Wildman–Crippen LogP) is -0.220. The third-order valence-corrected chi connectivity index (χ3v) is 3.07. The molecule has 0 atom stereocenters. The van der Waals surface area contributed by atoms with Gasteiger partial charge < -0.3 is 14.4 Å². The summed E-state index contributed by atoms with van der Waals surface area (Å²) in [6, 6.07) is 6.29. The van der Waals surface area contributed by atoms with E-state index in [-0.39, 0.29) is 18.1 Å². The fourth-order valence-electron chi connectivity index (χ4n) is 1.98. The van der Waals surface area contributed by atoms with Crippen molar-refractivity contribution in [3.8, 4) is 11.5 Å². The van der Waals surface area contributed by atoms with Crippen LogP contribution in [0.5, 0.6) is 0 Å². The van der Waals surface area contributed by atoms with Crippen molar-refractivity contribution in [3.05, 3.63) is 62.9 Å². The summed E-state index contributed by atoms with van der Waals surface area (Å²) in [7, 11) is 1.48. The van der Waals surface area contributed by atoms with Crippen LogP contribution in [0.3, 0.4) is 0 Å². The number of nitrogens with one attached hydrogen (secondary N) is 2. The Morgan fingerprint density at radius 3 is 2.83 bits per heavy atom. The van der Waals surface area contributed by atoms with E-state index in [9.17, 15) is 14.4 Å². The minimum Gasteiger partial charge on any atom is -0.337 e. The lowest BCUT2D eigenvalue weighted by atomic mass is 10.3. The van der Waals surface area contributed by atoms with Crippen LogP contribution in [-0.2, 0) is 6.54 Å². The average molecular weight is 328 g/mol. The molecule has 2 N–H and O–H groups in total. The Morgan fingerprint density at radius 1 is 1.29 bits per heavy atom. The summed E-state index contributed by atoms with van der Waals surface area (Å²) >= 11 is 0. The molecule has 0 aliphatic heterocycles. The van der Waals surface area contributed by atoms with E-state index >= 15 is 0 Å². The van der Waals surface area contributed by atoms with Gasteiger partial charge in [-0.2, -0.15) is 4.98 Å². The van der Waals surface area contributed by atoms with E-state index < -0.39 is 17.2 Å². The minimum absolute atomic E-state index is 0.00744. The maximum atomic E-state index is 12.2. The smallest absolute Gasteiger partial charge is 0.326 e. The molecule has 0 spiro atoms. The van der Waals surface area contributed by atoms with Crippen molar-refractivity contribution < 1.29 is 9.32 Å². The highest BCUT2D eigenvalue weighted by atomic mass is 16.5. The lowest BCUT2D eigenvalue weighted by molar-refractivity contribution is 0.0763. The molecule has 0 saturated carbocycles. The molecule has 0 aromatic carbocycles. The van der Waals surface area contributed by atoms with Gasteiger partial charge in [0.05, 0.1) is 0 Å². The van der Waals surface area contributed by atoms with Crippen molar-refractivity contribution in [2.75, 3.05) is 7.05 Å². The van der Waals surface area contributed by atoms with E-state index in [2.05, 4.69) is 20.1 Å². The Balaban J connectivity index is 1.76. The van der Waals surface area contributed by atoms with Gasteiger partial charge >= 0.3 is 5.69 Å². The summed E-state index contributed by atoms with van der Waals surface area (Å²) in [6.45, 7) is 0.00744. The van der Waals surface area contributed by atoms with Gasteiger partial charge in [-0.05, 0) is 12.1 Å². The summed E-state index contributed by atoms with van der Waals surface area (Å²) < 4.78 is 5.09. The van der Waals surface area contributed by atoms with Crippen molar-refractivity contribution in [1.82, 2.24) is 30.0 Å². The second-order valence-electron chi connectivity index (χ2n) is 4.89. The van der Waals surface area contributed by atoms with Gasteiger partial charge in [-0.15, -0.1) is 0 Å². The Labute approximate surface area is 134 Å². The average Bonchev–Trinajstić information content (AvgIpc) is 3.02. The van der Waals surface area contributed by atoms with Gasteiger partial charge in [0.1, 0.15) is 17.9 Å². The maximum absolute atomic E-state index is 12.2. The van der Waals surface area contributed by atoms with Crippen LogP contribution in [0, 0.1) is 0 Å². The highest BCUT2D eigenvalue weighted by Gasteiger charge is 2.17. The maximum Gasteiger partial charge on any atom is 0.326 e. The van der Waals surface area contributed by atoms with Crippen LogP contribution < -0.4 is 11.2 Å². The van der Waals surface area contributed by atoms with Crippen molar-refractivity contribution in [2.24, 2.45) is 0 Å². The Kier molecular flexibility index (Phi) is 4.01. The molecular formula is C14H12N6O4. The molecule has 3 rings (SSSR count). The minimum atomic E-state index is -0.755. The zero-order valence-corrected chi connectivity index (χ0v) is 12.5. The van der Waals surface area contributed by atoms with Crippen LogP contribution in [-0.4, -0.2) is 42.9 Å². The van der Waals surface area contributed by atoms with Gasteiger partial charge in [-0.25, -0.2) is 4.79 Å². The molecule has 0 aliphatic rings. The first-order chi connectivity index (χ1) is 11.5. The monoisotopic (exact) mass is 328 g/mol. The molecule has 1 amide bonds. The second-order valence-corrected chi connectivity index (χ2v) is 4.89. The normalized spacial score (nSPS) is 10.5. The Bertz CT molecular complexity index is 946. The van der Waals surface area contributed by atoms with Crippen LogP contribution in [0.1, 0.15) is 16.4 Å². The molecule has 3 aromatic heterocycles. The second kappa shape index (κ2) is 6.28. The van der Waals surface area contributed by atoms with E-state index in [0.29, 0.717) is 11.5 Å². The van der Waals surface area contributed by atoms with Gasteiger partial charge in [-0.1, -0.05) is 11.2 Å². The van der Waals surface area contributed by atoms with Gasteiger partial charge in [0.15, 0.2) is 0 Å². The highest BCUT2D eigenvalue weighted by molar-refractivity contribution is 5.91. The van der Waals surface area contributed by atoms with Gasteiger partial charge in [0.2, 0.25) is 11.7 Å². The predicted molar refractivity (Wildman–Crippen MR) is 81.0 cm³/mol. The number of aromatic nitrogens is 5. The van der Waals surface area contributed by atoms with Crippen LogP contribution >= 0.6 is 0 Å². The van der Waals surface area contributed by atoms with E-state index in [1.165, 1.54) is 11.9 Å². The zero-order chi connectivity index (χ0) is 17.1. The first-order valence-corrected chi connectivity index (χ1v) is 6.86.